The van der Waals surface area contributed by atoms with Crippen LogP contribution in [0.4, 0.5) is 5.13 Å². The summed E-state index contributed by atoms with van der Waals surface area (Å²) < 4.78 is 16.4. The molecule has 3 rings (SSSR count). The Balaban J connectivity index is 1.69. The van der Waals surface area contributed by atoms with Crippen molar-refractivity contribution in [3.63, 3.8) is 0 Å². The Kier molecular flexibility index (Phi) is 6.16. The van der Waals surface area contributed by atoms with Crippen molar-refractivity contribution in [3.05, 3.63) is 52.9 Å². The van der Waals surface area contributed by atoms with Gasteiger partial charge in [0.25, 0.3) is 5.91 Å². The first-order valence-corrected chi connectivity index (χ1v) is 9.56. The molecular weight excluding hydrogens is 376 g/mol. The van der Waals surface area contributed by atoms with Crippen molar-refractivity contribution in [1.82, 2.24) is 4.98 Å². The van der Waals surface area contributed by atoms with Gasteiger partial charge in [-0.05, 0) is 43.2 Å². The van der Waals surface area contributed by atoms with Crippen LogP contribution >= 0.6 is 11.3 Å². The SMILES string of the molecule is COc1ccc(OC)c(-c2csc(NC(=O)COc3c(C)cccc3C)n2)c1. The van der Waals surface area contributed by atoms with Crippen molar-refractivity contribution in [1.29, 1.82) is 0 Å². The average Bonchev–Trinajstić information content (AvgIpc) is 3.15. The molecule has 7 heteroatoms. The number of nitrogens with one attached hydrogen (secondary N) is 1. The van der Waals surface area contributed by atoms with Crippen molar-refractivity contribution in [2.75, 3.05) is 26.1 Å². The van der Waals surface area contributed by atoms with Gasteiger partial charge in [-0.2, -0.15) is 0 Å². The lowest BCUT2D eigenvalue weighted by Gasteiger charge is -2.11. The molecule has 0 fully saturated rings. The number of hydrogen-bond donors (Lipinski definition) is 1. The summed E-state index contributed by atoms with van der Waals surface area (Å²) in [6, 6.07) is 11.4. The first kappa shape index (κ1) is 19.7. The third kappa shape index (κ3) is 4.43. The van der Waals surface area contributed by atoms with Crippen LogP contribution in [0.1, 0.15) is 11.1 Å². The Labute approximate surface area is 168 Å². The van der Waals surface area contributed by atoms with E-state index in [2.05, 4.69) is 10.3 Å². The lowest BCUT2D eigenvalue weighted by Crippen LogP contribution is -2.20. The minimum absolute atomic E-state index is 0.0803. The van der Waals surface area contributed by atoms with Crippen LogP contribution in [-0.2, 0) is 4.79 Å². The van der Waals surface area contributed by atoms with Crippen molar-refractivity contribution in [2.24, 2.45) is 0 Å². The van der Waals surface area contributed by atoms with Crippen molar-refractivity contribution in [3.8, 4) is 28.5 Å². The summed E-state index contributed by atoms with van der Waals surface area (Å²) in [5, 5.41) is 5.13. The van der Waals surface area contributed by atoms with E-state index in [0.717, 1.165) is 22.4 Å². The number of carbonyl (C=O) groups excluding carboxylic acids is 1. The normalized spacial score (nSPS) is 10.4. The molecule has 0 atom stereocenters. The van der Waals surface area contributed by atoms with Gasteiger partial charge in [-0.15, -0.1) is 11.3 Å². The molecule has 3 aromatic rings. The molecule has 0 saturated heterocycles. The molecule has 28 heavy (non-hydrogen) atoms. The number of carbonyl (C=O) groups is 1. The summed E-state index contributed by atoms with van der Waals surface area (Å²) in [4.78, 5) is 16.8. The van der Waals surface area contributed by atoms with Gasteiger partial charge in [0.2, 0.25) is 0 Å². The van der Waals surface area contributed by atoms with Crippen LogP contribution in [0.15, 0.2) is 41.8 Å². The Morgan fingerprint density at radius 3 is 2.54 bits per heavy atom. The van der Waals surface area contributed by atoms with Crippen LogP contribution in [0.25, 0.3) is 11.3 Å². The number of rotatable bonds is 7. The number of para-hydroxylation sites is 1. The van der Waals surface area contributed by atoms with E-state index < -0.39 is 0 Å². The van der Waals surface area contributed by atoms with E-state index in [4.69, 9.17) is 14.2 Å². The molecule has 0 saturated carbocycles. The maximum Gasteiger partial charge on any atom is 0.264 e. The first-order valence-electron chi connectivity index (χ1n) is 8.68. The standard InChI is InChI=1S/C21H22N2O4S/c1-13-6-5-7-14(2)20(13)27-11-19(24)23-21-22-17(12-28-21)16-10-15(25-3)8-9-18(16)26-4/h5-10,12H,11H2,1-4H3,(H,22,23,24). The Morgan fingerprint density at radius 1 is 1.11 bits per heavy atom. The molecule has 1 N–H and O–H groups in total. The van der Waals surface area contributed by atoms with Gasteiger partial charge in [-0.25, -0.2) is 4.98 Å². The minimum Gasteiger partial charge on any atom is -0.497 e. The fraction of sp³-hybridized carbons (Fsp3) is 0.238. The molecule has 0 aliphatic heterocycles. The smallest absolute Gasteiger partial charge is 0.264 e. The Bertz CT molecular complexity index is 964. The molecule has 1 amide bonds. The van der Waals surface area contributed by atoms with Crippen molar-refractivity contribution >= 4 is 22.4 Å². The second kappa shape index (κ2) is 8.75. The maximum absolute atomic E-state index is 12.3. The van der Waals surface area contributed by atoms with E-state index in [1.54, 1.807) is 14.2 Å². The maximum atomic E-state index is 12.3. The number of hydrogen-bond acceptors (Lipinski definition) is 6. The third-order valence-corrected chi connectivity index (χ3v) is 4.95. The number of methoxy groups -OCH3 is 2. The van der Waals surface area contributed by atoms with Gasteiger partial charge in [-0.3, -0.25) is 10.1 Å². The van der Waals surface area contributed by atoms with E-state index in [0.29, 0.717) is 22.3 Å². The zero-order valence-corrected chi connectivity index (χ0v) is 17.1. The third-order valence-electron chi connectivity index (χ3n) is 4.19. The molecule has 0 radical (unpaired) electrons. The summed E-state index contributed by atoms with van der Waals surface area (Å²) >= 11 is 1.34. The highest BCUT2D eigenvalue weighted by Crippen LogP contribution is 2.35. The van der Waals surface area contributed by atoms with Gasteiger partial charge >= 0.3 is 0 Å². The monoisotopic (exact) mass is 398 g/mol. The van der Waals surface area contributed by atoms with Crippen LogP contribution in [-0.4, -0.2) is 31.7 Å². The fourth-order valence-corrected chi connectivity index (χ4v) is 3.52. The van der Waals surface area contributed by atoms with Gasteiger partial charge in [0.15, 0.2) is 11.7 Å². The summed E-state index contributed by atoms with van der Waals surface area (Å²) in [6.45, 7) is 3.83. The molecule has 0 aliphatic carbocycles. The second-order valence-electron chi connectivity index (χ2n) is 6.16. The van der Waals surface area contributed by atoms with Crippen LogP contribution in [0.5, 0.6) is 17.2 Å². The van der Waals surface area contributed by atoms with Crippen LogP contribution in [0.2, 0.25) is 0 Å². The lowest BCUT2D eigenvalue weighted by atomic mass is 10.1. The average molecular weight is 398 g/mol. The molecule has 146 valence electrons. The predicted molar refractivity (Wildman–Crippen MR) is 111 cm³/mol. The quantitative estimate of drug-likeness (QED) is 0.636. The fourth-order valence-electron chi connectivity index (χ4n) is 2.79. The highest BCUT2D eigenvalue weighted by molar-refractivity contribution is 7.14. The first-order chi connectivity index (χ1) is 13.5. The van der Waals surface area contributed by atoms with Gasteiger partial charge in [0, 0.05) is 10.9 Å². The van der Waals surface area contributed by atoms with Gasteiger partial charge in [-0.1, -0.05) is 18.2 Å². The highest BCUT2D eigenvalue weighted by atomic mass is 32.1. The molecule has 0 aliphatic rings. The van der Waals surface area contributed by atoms with E-state index in [1.165, 1.54) is 11.3 Å². The molecular formula is C21H22N2O4S. The van der Waals surface area contributed by atoms with Crippen LogP contribution < -0.4 is 19.5 Å². The van der Waals surface area contributed by atoms with E-state index in [1.807, 2.05) is 55.6 Å². The number of aromatic nitrogens is 1. The lowest BCUT2D eigenvalue weighted by molar-refractivity contribution is -0.118. The minimum atomic E-state index is -0.263. The molecule has 0 unspecified atom stereocenters. The molecule has 6 nitrogen and oxygen atoms in total. The zero-order chi connectivity index (χ0) is 20.1. The number of anilines is 1. The molecule has 0 bridgehead atoms. The topological polar surface area (TPSA) is 69.7 Å². The van der Waals surface area contributed by atoms with Crippen LogP contribution in [0, 0.1) is 13.8 Å². The number of thiazole rings is 1. The summed E-state index contributed by atoms with van der Waals surface area (Å²) in [5.41, 5.74) is 3.49. The number of aryl methyl sites for hydroxylation is 2. The van der Waals surface area contributed by atoms with Crippen molar-refractivity contribution < 1.29 is 19.0 Å². The second-order valence-corrected chi connectivity index (χ2v) is 7.02. The summed E-state index contributed by atoms with van der Waals surface area (Å²) in [5.74, 6) is 1.86. The molecule has 1 aromatic heterocycles. The Morgan fingerprint density at radius 2 is 1.86 bits per heavy atom. The van der Waals surface area contributed by atoms with Gasteiger partial charge in [0.05, 0.1) is 19.9 Å². The van der Waals surface area contributed by atoms with Gasteiger partial charge < -0.3 is 14.2 Å². The zero-order valence-electron chi connectivity index (χ0n) is 16.2. The number of amides is 1. The number of benzene rings is 2. The number of ether oxygens (including phenoxy) is 3. The highest BCUT2D eigenvalue weighted by Gasteiger charge is 2.14. The van der Waals surface area contributed by atoms with E-state index in [9.17, 15) is 4.79 Å². The van der Waals surface area contributed by atoms with Crippen LogP contribution in [0.3, 0.4) is 0 Å². The van der Waals surface area contributed by atoms with E-state index >= 15 is 0 Å². The predicted octanol–water partition coefficient (Wildman–Crippen LogP) is 4.46. The summed E-state index contributed by atoms with van der Waals surface area (Å²) in [6.07, 6.45) is 0. The molecule has 2 aromatic carbocycles. The summed E-state index contributed by atoms with van der Waals surface area (Å²) in [7, 11) is 3.21. The molecule has 1 heterocycles. The van der Waals surface area contributed by atoms with Crippen molar-refractivity contribution in [2.45, 2.75) is 13.8 Å². The molecule has 0 spiro atoms. The van der Waals surface area contributed by atoms with Gasteiger partial charge in [0.1, 0.15) is 17.2 Å². The Hall–Kier alpha value is -3.06. The largest absolute Gasteiger partial charge is 0.497 e. The number of nitrogens with zero attached hydrogens (tertiary/aromatic N) is 1. The van der Waals surface area contributed by atoms with E-state index in [-0.39, 0.29) is 12.5 Å².